The van der Waals surface area contributed by atoms with Crippen LogP contribution >= 0.6 is 0 Å². The van der Waals surface area contributed by atoms with Crippen LogP contribution in [0.15, 0.2) is 55.2 Å². The van der Waals surface area contributed by atoms with E-state index in [1.807, 2.05) is 48.4 Å². The molecule has 0 saturated carbocycles. The standard InChI is InChI=1S/C15H17N5/c1-13-11-20(14-5-3-2-4-6-14)15(18-13)17-8-10-19-9-7-16-12-19/h2-7,9,11-12H,8,10H2,1H3,(H,17,18). The average Bonchev–Trinajstić information content (AvgIpc) is 3.10. The minimum absolute atomic E-state index is 0.805. The molecule has 20 heavy (non-hydrogen) atoms. The number of anilines is 1. The van der Waals surface area contributed by atoms with Gasteiger partial charge in [-0.15, -0.1) is 0 Å². The van der Waals surface area contributed by atoms with Crippen molar-refractivity contribution in [1.82, 2.24) is 19.1 Å². The first-order chi connectivity index (χ1) is 9.83. The molecule has 5 nitrogen and oxygen atoms in total. The summed E-state index contributed by atoms with van der Waals surface area (Å²) in [5, 5.41) is 3.37. The van der Waals surface area contributed by atoms with E-state index in [0.29, 0.717) is 0 Å². The number of aryl methyl sites for hydroxylation is 1. The SMILES string of the molecule is Cc1cn(-c2ccccc2)c(NCCn2ccnc2)n1. The minimum atomic E-state index is 0.805. The zero-order valence-corrected chi connectivity index (χ0v) is 11.4. The molecule has 1 aromatic carbocycles. The lowest BCUT2D eigenvalue weighted by molar-refractivity contribution is 0.722. The summed E-state index contributed by atoms with van der Waals surface area (Å²) in [6.07, 6.45) is 7.59. The number of benzene rings is 1. The summed E-state index contributed by atoms with van der Waals surface area (Å²) in [4.78, 5) is 8.56. The Hall–Kier alpha value is -2.56. The summed E-state index contributed by atoms with van der Waals surface area (Å²) >= 11 is 0. The zero-order chi connectivity index (χ0) is 13.8. The van der Waals surface area contributed by atoms with E-state index in [9.17, 15) is 0 Å². The molecule has 0 bridgehead atoms. The van der Waals surface area contributed by atoms with Gasteiger partial charge in [0.15, 0.2) is 0 Å². The smallest absolute Gasteiger partial charge is 0.207 e. The van der Waals surface area contributed by atoms with Crippen LogP contribution in [-0.2, 0) is 6.54 Å². The number of aromatic nitrogens is 4. The van der Waals surface area contributed by atoms with Gasteiger partial charge in [-0.1, -0.05) is 18.2 Å². The molecule has 2 aromatic heterocycles. The predicted molar refractivity (Wildman–Crippen MR) is 79.0 cm³/mol. The molecule has 0 amide bonds. The van der Waals surface area contributed by atoms with Gasteiger partial charge in [0, 0.05) is 37.4 Å². The molecule has 0 spiro atoms. The molecule has 1 N–H and O–H groups in total. The molecule has 0 aliphatic carbocycles. The van der Waals surface area contributed by atoms with Crippen LogP contribution in [0.2, 0.25) is 0 Å². The Morgan fingerprint density at radius 2 is 2.05 bits per heavy atom. The number of hydrogen-bond donors (Lipinski definition) is 1. The first-order valence-corrected chi connectivity index (χ1v) is 6.64. The van der Waals surface area contributed by atoms with Gasteiger partial charge in [0.1, 0.15) is 0 Å². The van der Waals surface area contributed by atoms with Crippen molar-refractivity contribution < 1.29 is 0 Å². The van der Waals surface area contributed by atoms with Crippen LogP contribution in [0.1, 0.15) is 5.69 Å². The maximum Gasteiger partial charge on any atom is 0.207 e. The molecule has 3 aromatic rings. The van der Waals surface area contributed by atoms with Gasteiger partial charge in [0.2, 0.25) is 5.95 Å². The normalized spacial score (nSPS) is 10.7. The highest BCUT2D eigenvalue weighted by Gasteiger charge is 2.06. The van der Waals surface area contributed by atoms with Crippen molar-refractivity contribution in [3.63, 3.8) is 0 Å². The second-order valence-electron chi connectivity index (χ2n) is 4.64. The molecule has 0 atom stereocenters. The van der Waals surface area contributed by atoms with Gasteiger partial charge in [-0.05, 0) is 19.1 Å². The first kappa shape index (κ1) is 12.5. The molecule has 3 rings (SSSR count). The highest BCUT2D eigenvalue weighted by atomic mass is 15.2. The fourth-order valence-corrected chi connectivity index (χ4v) is 2.12. The lowest BCUT2D eigenvalue weighted by Gasteiger charge is -2.09. The van der Waals surface area contributed by atoms with Crippen molar-refractivity contribution in [2.45, 2.75) is 13.5 Å². The Kier molecular flexibility index (Phi) is 3.50. The third-order valence-corrected chi connectivity index (χ3v) is 3.07. The van der Waals surface area contributed by atoms with E-state index in [1.54, 1.807) is 6.20 Å². The van der Waals surface area contributed by atoms with E-state index in [4.69, 9.17) is 0 Å². The van der Waals surface area contributed by atoms with Gasteiger partial charge in [-0.3, -0.25) is 4.57 Å². The molecule has 0 radical (unpaired) electrons. The molecular weight excluding hydrogens is 250 g/mol. The van der Waals surface area contributed by atoms with E-state index < -0.39 is 0 Å². The van der Waals surface area contributed by atoms with Gasteiger partial charge >= 0.3 is 0 Å². The van der Waals surface area contributed by atoms with Gasteiger partial charge < -0.3 is 9.88 Å². The molecule has 0 unspecified atom stereocenters. The molecule has 102 valence electrons. The quantitative estimate of drug-likeness (QED) is 0.772. The number of imidazole rings is 2. The van der Waals surface area contributed by atoms with Crippen molar-refractivity contribution >= 4 is 5.95 Å². The Bertz CT molecular complexity index is 655. The molecule has 0 aliphatic rings. The van der Waals surface area contributed by atoms with Gasteiger partial charge in [0.25, 0.3) is 0 Å². The van der Waals surface area contributed by atoms with E-state index in [0.717, 1.165) is 30.4 Å². The van der Waals surface area contributed by atoms with E-state index in [-0.39, 0.29) is 0 Å². The predicted octanol–water partition coefficient (Wildman–Crippen LogP) is 2.49. The van der Waals surface area contributed by atoms with Crippen LogP contribution in [0, 0.1) is 6.92 Å². The second kappa shape index (κ2) is 5.61. The Balaban J connectivity index is 1.73. The Labute approximate surface area is 117 Å². The molecule has 5 heteroatoms. The van der Waals surface area contributed by atoms with Gasteiger partial charge in [-0.25, -0.2) is 9.97 Å². The molecular formula is C15H17N5. The van der Waals surface area contributed by atoms with Crippen LogP contribution in [0.3, 0.4) is 0 Å². The molecule has 0 fully saturated rings. The number of hydrogen-bond acceptors (Lipinski definition) is 3. The number of nitrogens with one attached hydrogen (secondary N) is 1. The fourth-order valence-electron chi connectivity index (χ4n) is 2.12. The van der Waals surface area contributed by atoms with Crippen molar-refractivity contribution in [3.05, 3.63) is 60.9 Å². The topological polar surface area (TPSA) is 47.7 Å². The van der Waals surface area contributed by atoms with Crippen LogP contribution in [0.5, 0.6) is 0 Å². The van der Waals surface area contributed by atoms with E-state index >= 15 is 0 Å². The Morgan fingerprint density at radius 3 is 2.80 bits per heavy atom. The highest BCUT2D eigenvalue weighted by molar-refractivity contribution is 5.42. The fraction of sp³-hybridized carbons (Fsp3) is 0.200. The summed E-state index contributed by atoms with van der Waals surface area (Å²) in [5.41, 5.74) is 2.11. The van der Waals surface area contributed by atoms with Gasteiger partial charge in [-0.2, -0.15) is 0 Å². The number of nitrogens with zero attached hydrogens (tertiary/aromatic N) is 4. The van der Waals surface area contributed by atoms with Crippen LogP contribution in [-0.4, -0.2) is 25.6 Å². The molecule has 2 heterocycles. The summed E-state index contributed by atoms with van der Waals surface area (Å²) < 4.78 is 4.11. The second-order valence-corrected chi connectivity index (χ2v) is 4.64. The van der Waals surface area contributed by atoms with Crippen LogP contribution in [0.25, 0.3) is 5.69 Å². The molecule has 0 aliphatic heterocycles. The largest absolute Gasteiger partial charge is 0.354 e. The number of rotatable bonds is 5. The van der Waals surface area contributed by atoms with Crippen molar-refractivity contribution in [2.75, 3.05) is 11.9 Å². The van der Waals surface area contributed by atoms with Crippen molar-refractivity contribution in [3.8, 4) is 5.69 Å². The maximum absolute atomic E-state index is 4.53. The lowest BCUT2D eigenvalue weighted by Crippen LogP contribution is -2.12. The van der Waals surface area contributed by atoms with Crippen molar-refractivity contribution in [2.24, 2.45) is 0 Å². The van der Waals surface area contributed by atoms with Crippen LogP contribution in [0.4, 0.5) is 5.95 Å². The third kappa shape index (κ3) is 2.71. The lowest BCUT2D eigenvalue weighted by atomic mass is 10.3. The van der Waals surface area contributed by atoms with E-state index in [2.05, 4.69) is 32.0 Å². The zero-order valence-electron chi connectivity index (χ0n) is 11.4. The summed E-state index contributed by atoms with van der Waals surface area (Å²) in [7, 11) is 0. The summed E-state index contributed by atoms with van der Waals surface area (Å²) in [6.45, 7) is 3.67. The van der Waals surface area contributed by atoms with Crippen LogP contribution < -0.4 is 5.32 Å². The minimum Gasteiger partial charge on any atom is -0.354 e. The number of para-hydroxylation sites is 1. The van der Waals surface area contributed by atoms with Gasteiger partial charge in [0.05, 0.1) is 12.0 Å². The van der Waals surface area contributed by atoms with E-state index in [1.165, 1.54) is 0 Å². The maximum atomic E-state index is 4.53. The summed E-state index contributed by atoms with van der Waals surface area (Å²) in [6, 6.07) is 10.2. The Morgan fingerprint density at radius 1 is 1.20 bits per heavy atom. The van der Waals surface area contributed by atoms with Crippen molar-refractivity contribution in [1.29, 1.82) is 0 Å². The summed E-state index contributed by atoms with van der Waals surface area (Å²) in [5.74, 6) is 0.869. The first-order valence-electron chi connectivity index (χ1n) is 6.64. The monoisotopic (exact) mass is 267 g/mol. The average molecular weight is 267 g/mol. The third-order valence-electron chi connectivity index (χ3n) is 3.07. The highest BCUT2D eigenvalue weighted by Crippen LogP contribution is 2.15. The molecule has 0 saturated heterocycles.